The molecule has 5 heteroatoms. The lowest BCUT2D eigenvalue weighted by atomic mass is 10.1. The highest BCUT2D eigenvalue weighted by Crippen LogP contribution is 2.23. The molecule has 0 radical (unpaired) electrons. The smallest absolute Gasteiger partial charge is 0.0897 e. The van der Waals surface area contributed by atoms with Crippen LogP contribution in [0.2, 0.25) is 0 Å². The Morgan fingerprint density at radius 3 is 2.78 bits per heavy atom. The zero-order valence-corrected chi connectivity index (χ0v) is 12.0. The van der Waals surface area contributed by atoms with Gasteiger partial charge in [0.2, 0.25) is 0 Å². The fraction of sp³-hybridized carbons (Fsp3) is 0.538. The second-order valence-electron chi connectivity index (χ2n) is 4.30. The Balaban J connectivity index is 2.10. The van der Waals surface area contributed by atoms with Gasteiger partial charge in [-0.1, -0.05) is 6.92 Å². The third-order valence-corrected chi connectivity index (χ3v) is 3.91. The van der Waals surface area contributed by atoms with Crippen molar-refractivity contribution in [2.75, 3.05) is 6.54 Å². The molecule has 0 spiro atoms. The number of hydrogen-bond donors (Lipinski definition) is 1. The molecule has 0 fully saturated rings. The minimum absolute atomic E-state index is 0.343. The van der Waals surface area contributed by atoms with Crippen molar-refractivity contribution in [2.45, 2.75) is 39.8 Å². The van der Waals surface area contributed by atoms with Crippen molar-refractivity contribution in [1.29, 1.82) is 0 Å². The van der Waals surface area contributed by atoms with Crippen LogP contribution < -0.4 is 5.32 Å². The summed E-state index contributed by atoms with van der Waals surface area (Å²) in [6.45, 7) is 8.17. The van der Waals surface area contributed by atoms with Gasteiger partial charge in [0.1, 0.15) is 0 Å². The zero-order valence-electron chi connectivity index (χ0n) is 11.2. The van der Waals surface area contributed by atoms with Crippen molar-refractivity contribution in [3.05, 3.63) is 34.0 Å². The molecule has 0 saturated carbocycles. The van der Waals surface area contributed by atoms with Crippen LogP contribution in [0.3, 0.4) is 0 Å². The Bertz CT molecular complexity index is 489. The fourth-order valence-corrected chi connectivity index (χ4v) is 2.84. The van der Waals surface area contributed by atoms with Crippen LogP contribution in [0.4, 0.5) is 0 Å². The molecule has 2 aromatic rings. The van der Waals surface area contributed by atoms with Crippen LogP contribution in [0, 0.1) is 6.92 Å². The molecule has 2 aromatic heterocycles. The molecular formula is C13H20N4S. The molecule has 1 unspecified atom stereocenters. The van der Waals surface area contributed by atoms with E-state index in [2.05, 4.69) is 35.4 Å². The maximum absolute atomic E-state index is 4.34. The first kappa shape index (κ1) is 13.2. The number of nitrogens with one attached hydrogen (secondary N) is 1. The van der Waals surface area contributed by atoms with Gasteiger partial charge in [-0.3, -0.25) is 4.68 Å². The van der Waals surface area contributed by atoms with Crippen molar-refractivity contribution in [1.82, 2.24) is 20.1 Å². The van der Waals surface area contributed by atoms with E-state index >= 15 is 0 Å². The molecule has 1 atom stereocenters. The molecule has 0 amide bonds. The molecule has 0 aliphatic rings. The monoisotopic (exact) mass is 264 g/mol. The lowest BCUT2D eigenvalue weighted by molar-refractivity contribution is 0.556. The van der Waals surface area contributed by atoms with E-state index < -0.39 is 0 Å². The average Bonchev–Trinajstić information content (AvgIpc) is 2.97. The second-order valence-corrected chi connectivity index (χ2v) is 5.57. The van der Waals surface area contributed by atoms with Crippen molar-refractivity contribution in [3.63, 3.8) is 0 Å². The van der Waals surface area contributed by atoms with Gasteiger partial charge < -0.3 is 5.32 Å². The Hall–Kier alpha value is -1.20. The maximum atomic E-state index is 4.34. The fourth-order valence-electron chi connectivity index (χ4n) is 1.98. The first-order valence-electron chi connectivity index (χ1n) is 6.40. The summed E-state index contributed by atoms with van der Waals surface area (Å²) >= 11 is 1.77. The second kappa shape index (κ2) is 6.11. The van der Waals surface area contributed by atoms with E-state index in [9.17, 15) is 0 Å². The highest BCUT2D eigenvalue weighted by atomic mass is 32.1. The Labute approximate surface area is 112 Å². The van der Waals surface area contributed by atoms with E-state index in [1.54, 1.807) is 11.3 Å². The minimum atomic E-state index is 0.343. The Morgan fingerprint density at radius 2 is 2.22 bits per heavy atom. The van der Waals surface area contributed by atoms with Gasteiger partial charge in [-0.2, -0.15) is 5.10 Å². The molecule has 98 valence electrons. The van der Waals surface area contributed by atoms with Crippen molar-refractivity contribution in [3.8, 4) is 0 Å². The first-order valence-corrected chi connectivity index (χ1v) is 7.21. The first-order chi connectivity index (χ1) is 8.72. The predicted molar refractivity (Wildman–Crippen MR) is 74.9 cm³/mol. The summed E-state index contributed by atoms with van der Waals surface area (Å²) in [7, 11) is 0. The zero-order chi connectivity index (χ0) is 13.0. The molecule has 0 aliphatic carbocycles. The SMILES string of the molecule is CCNC(Cc1cnn(CC)c1)c1cnc(C)s1. The summed E-state index contributed by atoms with van der Waals surface area (Å²) < 4.78 is 1.97. The van der Waals surface area contributed by atoms with Gasteiger partial charge in [-0.15, -0.1) is 11.3 Å². The quantitative estimate of drug-likeness (QED) is 0.872. The Kier molecular flexibility index (Phi) is 4.49. The molecule has 0 saturated heterocycles. The number of aromatic nitrogens is 3. The van der Waals surface area contributed by atoms with Crippen LogP contribution in [-0.4, -0.2) is 21.3 Å². The summed E-state index contributed by atoms with van der Waals surface area (Å²) in [4.78, 5) is 5.64. The Morgan fingerprint density at radius 1 is 1.39 bits per heavy atom. The molecule has 0 aromatic carbocycles. The van der Waals surface area contributed by atoms with Gasteiger partial charge in [0.25, 0.3) is 0 Å². The third kappa shape index (κ3) is 3.17. The van der Waals surface area contributed by atoms with E-state index in [0.29, 0.717) is 6.04 Å². The molecule has 18 heavy (non-hydrogen) atoms. The maximum Gasteiger partial charge on any atom is 0.0897 e. The van der Waals surface area contributed by atoms with Gasteiger partial charge in [0, 0.05) is 29.9 Å². The van der Waals surface area contributed by atoms with Crippen LogP contribution in [0.25, 0.3) is 0 Å². The number of aryl methyl sites for hydroxylation is 2. The summed E-state index contributed by atoms with van der Waals surface area (Å²) in [6.07, 6.45) is 7.03. The van der Waals surface area contributed by atoms with Gasteiger partial charge in [0.05, 0.1) is 11.2 Å². The number of hydrogen-bond acceptors (Lipinski definition) is 4. The van der Waals surface area contributed by atoms with Crippen molar-refractivity contribution in [2.24, 2.45) is 0 Å². The molecule has 0 aliphatic heterocycles. The van der Waals surface area contributed by atoms with Crippen LogP contribution in [0.1, 0.15) is 35.3 Å². The lowest BCUT2D eigenvalue weighted by Gasteiger charge is -2.14. The summed E-state index contributed by atoms with van der Waals surface area (Å²) in [5.41, 5.74) is 1.27. The number of thiazole rings is 1. The number of rotatable bonds is 6. The van der Waals surface area contributed by atoms with Crippen molar-refractivity contribution >= 4 is 11.3 Å². The minimum Gasteiger partial charge on any atom is -0.309 e. The normalized spacial score (nSPS) is 12.8. The van der Waals surface area contributed by atoms with Gasteiger partial charge in [0.15, 0.2) is 0 Å². The topological polar surface area (TPSA) is 42.7 Å². The lowest BCUT2D eigenvalue weighted by Crippen LogP contribution is -2.21. The van der Waals surface area contributed by atoms with E-state index in [4.69, 9.17) is 0 Å². The number of likely N-dealkylation sites (N-methyl/N-ethyl adjacent to an activating group) is 1. The van der Waals surface area contributed by atoms with E-state index in [1.807, 2.05) is 24.0 Å². The average molecular weight is 264 g/mol. The van der Waals surface area contributed by atoms with Gasteiger partial charge in [-0.05, 0) is 32.4 Å². The highest BCUT2D eigenvalue weighted by Gasteiger charge is 2.14. The van der Waals surface area contributed by atoms with E-state index in [0.717, 1.165) is 24.5 Å². The predicted octanol–water partition coefficient (Wildman–Crippen LogP) is 2.56. The van der Waals surface area contributed by atoms with Crippen LogP contribution in [0.5, 0.6) is 0 Å². The van der Waals surface area contributed by atoms with Gasteiger partial charge in [-0.25, -0.2) is 4.98 Å². The summed E-state index contributed by atoms with van der Waals surface area (Å²) in [6, 6.07) is 0.343. The van der Waals surface area contributed by atoms with Gasteiger partial charge >= 0.3 is 0 Å². The van der Waals surface area contributed by atoms with Crippen LogP contribution in [0.15, 0.2) is 18.6 Å². The van der Waals surface area contributed by atoms with E-state index in [1.165, 1.54) is 10.4 Å². The van der Waals surface area contributed by atoms with Crippen LogP contribution in [-0.2, 0) is 13.0 Å². The molecule has 2 heterocycles. The van der Waals surface area contributed by atoms with Crippen molar-refractivity contribution < 1.29 is 0 Å². The molecule has 1 N–H and O–H groups in total. The van der Waals surface area contributed by atoms with Crippen LogP contribution >= 0.6 is 11.3 Å². The third-order valence-electron chi connectivity index (χ3n) is 2.88. The van der Waals surface area contributed by atoms with E-state index in [-0.39, 0.29) is 0 Å². The summed E-state index contributed by atoms with van der Waals surface area (Å²) in [5.74, 6) is 0. The standard InChI is InChI=1S/C13H20N4S/c1-4-14-12(13-8-15-10(3)18-13)6-11-7-16-17(5-2)9-11/h7-9,12,14H,4-6H2,1-3H3. The number of nitrogens with zero attached hydrogens (tertiary/aromatic N) is 3. The molecular weight excluding hydrogens is 244 g/mol. The highest BCUT2D eigenvalue weighted by molar-refractivity contribution is 7.11. The molecule has 2 rings (SSSR count). The largest absolute Gasteiger partial charge is 0.309 e. The molecule has 4 nitrogen and oxygen atoms in total. The molecule has 0 bridgehead atoms. The summed E-state index contributed by atoms with van der Waals surface area (Å²) in [5, 5.41) is 8.97.